The molecule has 1 aliphatic rings. The topological polar surface area (TPSA) is 46.5 Å². The predicted molar refractivity (Wildman–Crippen MR) is 70.1 cm³/mol. The van der Waals surface area contributed by atoms with Crippen LogP contribution in [0.4, 0.5) is 0 Å². The van der Waals surface area contributed by atoms with Gasteiger partial charge < -0.3 is 9.84 Å². The van der Waals surface area contributed by atoms with Crippen molar-refractivity contribution in [3.63, 3.8) is 0 Å². The Kier molecular flexibility index (Phi) is 2.45. The molecule has 4 heteroatoms. The van der Waals surface area contributed by atoms with Crippen molar-refractivity contribution in [3.8, 4) is 11.5 Å². The van der Waals surface area contributed by atoms with E-state index >= 15 is 0 Å². The van der Waals surface area contributed by atoms with Crippen LogP contribution in [0.2, 0.25) is 0 Å². The molecule has 18 heavy (non-hydrogen) atoms. The summed E-state index contributed by atoms with van der Waals surface area (Å²) in [6.45, 7) is 1.79. The first-order valence-electron chi connectivity index (χ1n) is 5.46. The lowest BCUT2D eigenvalue weighted by Crippen LogP contribution is -1.99. The summed E-state index contributed by atoms with van der Waals surface area (Å²) in [6, 6.07) is 6.87. The number of phenolic OH excluding ortho intramolecular Hbond substituents is 1. The van der Waals surface area contributed by atoms with Gasteiger partial charge in [0.05, 0.1) is 5.56 Å². The van der Waals surface area contributed by atoms with E-state index in [9.17, 15) is 9.90 Å². The maximum atomic E-state index is 12.2. The zero-order valence-corrected chi connectivity index (χ0v) is 10.5. The van der Waals surface area contributed by atoms with Crippen LogP contribution in [0.3, 0.4) is 0 Å². The van der Waals surface area contributed by atoms with E-state index in [4.69, 9.17) is 4.74 Å². The molecule has 0 radical (unpaired) electrons. The zero-order valence-electron chi connectivity index (χ0n) is 9.64. The SMILES string of the molecule is Cc1cc(O)cc2c1C(=O)/C(=C/c1cccs1)O2. The van der Waals surface area contributed by atoms with Crippen molar-refractivity contribution in [1.82, 2.24) is 0 Å². The van der Waals surface area contributed by atoms with E-state index in [-0.39, 0.29) is 11.5 Å². The molecule has 3 nitrogen and oxygen atoms in total. The lowest BCUT2D eigenvalue weighted by atomic mass is 10.0. The van der Waals surface area contributed by atoms with Crippen molar-refractivity contribution in [1.29, 1.82) is 0 Å². The van der Waals surface area contributed by atoms with Crippen LogP contribution in [0.1, 0.15) is 20.8 Å². The van der Waals surface area contributed by atoms with Gasteiger partial charge in [0.15, 0.2) is 5.76 Å². The molecule has 0 atom stereocenters. The van der Waals surface area contributed by atoms with Gasteiger partial charge in [-0.25, -0.2) is 0 Å². The Morgan fingerprint density at radius 1 is 1.39 bits per heavy atom. The molecule has 0 saturated heterocycles. The zero-order chi connectivity index (χ0) is 12.7. The van der Waals surface area contributed by atoms with Crippen molar-refractivity contribution >= 4 is 23.2 Å². The second kappa shape index (κ2) is 3.99. The lowest BCUT2D eigenvalue weighted by molar-refractivity contribution is 0.101. The van der Waals surface area contributed by atoms with Gasteiger partial charge in [-0.2, -0.15) is 0 Å². The molecule has 0 bridgehead atoms. The fourth-order valence-electron chi connectivity index (χ4n) is 1.99. The summed E-state index contributed by atoms with van der Waals surface area (Å²) in [4.78, 5) is 13.2. The number of hydrogen-bond acceptors (Lipinski definition) is 4. The van der Waals surface area contributed by atoms with Crippen molar-refractivity contribution in [2.45, 2.75) is 6.92 Å². The molecule has 1 N–H and O–H groups in total. The minimum Gasteiger partial charge on any atom is -0.508 e. The Balaban J connectivity index is 2.07. The fraction of sp³-hybridized carbons (Fsp3) is 0.0714. The monoisotopic (exact) mass is 258 g/mol. The minimum absolute atomic E-state index is 0.108. The Labute approximate surface area is 108 Å². The van der Waals surface area contributed by atoms with Crippen LogP contribution in [0.5, 0.6) is 11.5 Å². The molecule has 0 unspecified atom stereocenters. The molecule has 3 rings (SSSR count). The fourth-order valence-corrected chi connectivity index (χ4v) is 2.64. The summed E-state index contributed by atoms with van der Waals surface area (Å²) >= 11 is 1.54. The first-order valence-corrected chi connectivity index (χ1v) is 6.34. The van der Waals surface area contributed by atoms with Crippen LogP contribution in [0.25, 0.3) is 6.08 Å². The molecule has 1 aromatic carbocycles. The number of aromatic hydroxyl groups is 1. The quantitative estimate of drug-likeness (QED) is 0.798. The second-order valence-electron chi connectivity index (χ2n) is 4.09. The summed E-state index contributed by atoms with van der Waals surface area (Å²) in [5, 5.41) is 11.4. The molecule has 0 fully saturated rings. The predicted octanol–water partition coefficient (Wildman–Crippen LogP) is 3.38. The van der Waals surface area contributed by atoms with Gasteiger partial charge in [-0.05, 0) is 30.0 Å². The van der Waals surface area contributed by atoms with E-state index in [1.54, 1.807) is 19.1 Å². The van der Waals surface area contributed by atoms with E-state index < -0.39 is 0 Å². The third-order valence-corrected chi connectivity index (χ3v) is 3.59. The van der Waals surface area contributed by atoms with Gasteiger partial charge in [0, 0.05) is 17.0 Å². The van der Waals surface area contributed by atoms with E-state index in [1.807, 2.05) is 17.5 Å². The number of Topliss-reactive ketones (excluding diaryl/α,β-unsaturated/α-hetero) is 1. The molecular weight excluding hydrogens is 248 g/mol. The van der Waals surface area contributed by atoms with Gasteiger partial charge in [-0.3, -0.25) is 4.79 Å². The molecule has 2 aromatic rings. The Bertz CT molecular complexity index is 654. The number of thiophene rings is 1. The highest BCUT2D eigenvalue weighted by atomic mass is 32.1. The molecule has 0 saturated carbocycles. The van der Waals surface area contributed by atoms with Crippen molar-refractivity contribution < 1.29 is 14.6 Å². The summed E-state index contributed by atoms with van der Waals surface area (Å²) < 4.78 is 5.51. The van der Waals surface area contributed by atoms with Gasteiger partial charge in [0.2, 0.25) is 5.78 Å². The van der Waals surface area contributed by atoms with E-state index in [0.29, 0.717) is 17.1 Å². The number of fused-ring (bicyclic) bond motifs is 1. The van der Waals surface area contributed by atoms with Gasteiger partial charge in [-0.1, -0.05) is 6.07 Å². The highest BCUT2D eigenvalue weighted by Gasteiger charge is 2.29. The van der Waals surface area contributed by atoms with Crippen molar-refractivity contribution in [3.05, 3.63) is 51.4 Å². The first-order chi connectivity index (χ1) is 8.65. The number of ketones is 1. The number of carbonyl (C=O) groups is 1. The van der Waals surface area contributed by atoms with Crippen LogP contribution in [0, 0.1) is 6.92 Å². The average molecular weight is 258 g/mol. The van der Waals surface area contributed by atoms with E-state index in [1.165, 1.54) is 17.4 Å². The molecule has 90 valence electrons. The number of rotatable bonds is 1. The molecular formula is C14H10O3S. The van der Waals surface area contributed by atoms with E-state index in [0.717, 1.165) is 10.4 Å². The summed E-state index contributed by atoms with van der Waals surface area (Å²) in [5.41, 5.74) is 1.26. The number of ether oxygens (including phenoxy) is 1. The molecule has 0 amide bonds. The molecule has 2 heterocycles. The van der Waals surface area contributed by atoms with Crippen LogP contribution >= 0.6 is 11.3 Å². The standard InChI is InChI=1S/C14H10O3S/c1-8-5-9(15)6-11-13(8)14(16)12(17-11)7-10-3-2-4-18-10/h2-7,15H,1H3/b12-7-. The lowest BCUT2D eigenvalue weighted by Gasteiger charge is -2.00. The number of phenols is 1. The van der Waals surface area contributed by atoms with Crippen molar-refractivity contribution in [2.24, 2.45) is 0 Å². The Morgan fingerprint density at radius 2 is 2.22 bits per heavy atom. The number of aryl methyl sites for hydroxylation is 1. The first kappa shape index (κ1) is 11.0. The molecule has 1 aromatic heterocycles. The largest absolute Gasteiger partial charge is 0.508 e. The van der Waals surface area contributed by atoms with Gasteiger partial charge in [0.25, 0.3) is 0 Å². The maximum Gasteiger partial charge on any atom is 0.232 e. The minimum atomic E-state index is -0.129. The summed E-state index contributed by atoms with van der Waals surface area (Å²) in [5.74, 6) is 0.716. The maximum absolute atomic E-state index is 12.2. The highest BCUT2D eigenvalue weighted by Crippen LogP contribution is 2.37. The number of hydrogen-bond donors (Lipinski definition) is 1. The normalized spacial score (nSPS) is 15.8. The number of carbonyl (C=O) groups excluding carboxylic acids is 1. The van der Waals surface area contributed by atoms with Crippen LogP contribution in [-0.2, 0) is 0 Å². The van der Waals surface area contributed by atoms with Crippen LogP contribution < -0.4 is 4.74 Å². The smallest absolute Gasteiger partial charge is 0.232 e. The second-order valence-corrected chi connectivity index (χ2v) is 5.07. The van der Waals surface area contributed by atoms with Crippen LogP contribution in [-0.4, -0.2) is 10.9 Å². The number of allylic oxidation sites excluding steroid dienone is 1. The summed E-state index contributed by atoms with van der Waals surface area (Å²) in [6.07, 6.45) is 1.73. The highest BCUT2D eigenvalue weighted by molar-refractivity contribution is 7.10. The third kappa shape index (κ3) is 1.71. The molecule has 0 spiro atoms. The number of benzene rings is 1. The van der Waals surface area contributed by atoms with Crippen molar-refractivity contribution in [2.75, 3.05) is 0 Å². The summed E-state index contributed by atoms with van der Waals surface area (Å²) in [7, 11) is 0. The Morgan fingerprint density at radius 3 is 2.94 bits per heavy atom. The average Bonchev–Trinajstić information content (AvgIpc) is 2.88. The third-order valence-electron chi connectivity index (χ3n) is 2.77. The van der Waals surface area contributed by atoms with Gasteiger partial charge in [-0.15, -0.1) is 11.3 Å². The molecule has 1 aliphatic heterocycles. The van der Waals surface area contributed by atoms with Crippen LogP contribution in [0.15, 0.2) is 35.4 Å². The molecule has 0 aliphatic carbocycles. The van der Waals surface area contributed by atoms with Gasteiger partial charge in [0.1, 0.15) is 11.5 Å². The van der Waals surface area contributed by atoms with Gasteiger partial charge >= 0.3 is 0 Å². The van der Waals surface area contributed by atoms with E-state index in [2.05, 4.69) is 0 Å². The Hall–Kier alpha value is -2.07.